The Morgan fingerprint density at radius 2 is 2.11 bits per heavy atom. The van der Waals surface area contributed by atoms with Crippen molar-refractivity contribution in [1.82, 2.24) is 25.4 Å². The normalized spacial score (nSPS) is 15.9. The van der Waals surface area contributed by atoms with E-state index in [1.807, 2.05) is 43.9 Å². The summed E-state index contributed by atoms with van der Waals surface area (Å²) in [4.78, 5) is 8.91. The molecule has 2 N–H and O–H groups in total. The van der Waals surface area contributed by atoms with Crippen molar-refractivity contribution in [3.05, 3.63) is 41.3 Å². The Kier molecular flexibility index (Phi) is 6.67. The molecule has 1 fully saturated rings. The van der Waals surface area contributed by atoms with Crippen LogP contribution in [-0.2, 0) is 11.3 Å². The molecular formula is C21H32N6O. The highest BCUT2D eigenvalue weighted by atomic mass is 16.5. The Morgan fingerprint density at radius 3 is 2.64 bits per heavy atom. The first kappa shape index (κ1) is 20.3. The molecule has 0 atom stereocenters. The zero-order valence-corrected chi connectivity index (χ0v) is 17.5. The molecule has 7 heteroatoms. The van der Waals surface area contributed by atoms with Crippen LogP contribution >= 0.6 is 0 Å². The molecule has 152 valence electrons. The number of aryl methyl sites for hydroxylation is 2. The summed E-state index contributed by atoms with van der Waals surface area (Å²) in [7, 11) is 3.58. The van der Waals surface area contributed by atoms with Crippen LogP contribution in [0.25, 0.3) is 5.82 Å². The van der Waals surface area contributed by atoms with Gasteiger partial charge in [0.25, 0.3) is 0 Å². The first-order valence-electron chi connectivity index (χ1n) is 9.97. The van der Waals surface area contributed by atoms with Gasteiger partial charge in [-0.15, -0.1) is 0 Å². The van der Waals surface area contributed by atoms with E-state index in [2.05, 4.69) is 31.8 Å². The molecule has 0 radical (unpaired) electrons. The molecule has 1 saturated carbocycles. The predicted octanol–water partition coefficient (Wildman–Crippen LogP) is 2.76. The third-order valence-corrected chi connectivity index (χ3v) is 5.60. The number of rotatable bonds is 8. The second-order valence-corrected chi connectivity index (χ2v) is 7.74. The van der Waals surface area contributed by atoms with Crippen molar-refractivity contribution in [3.63, 3.8) is 0 Å². The quantitative estimate of drug-likeness (QED) is 0.541. The van der Waals surface area contributed by atoms with Gasteiger partial charge in [-0.1, -0.05) is 12.5 Å². The minimum atomic E-state index is 0.358. The van der Waals surface area contributed by atoms with Gasteiger partial charge in [0.05, 0.1) is 5.69 Å². The highest BCUT2D eigenvalue weighted by Gasteiger charge is 2.36. The molecule has 3 rings (SSSR count). The molecule has 0 aromatic carbocycles. The van der Waals surface area contributed by atoms with Crippen molar-refractivity contribution < 1.29 is 4.74 Å². The number of nitrogens with one attached hydrogen (secondary N) is 2. The summed E-state index contributed by atoms with van der Waals surface area (Å²) in [5.41, 5.74) is 3.54. The van der Waals surface area contributed by atoms with Crippen LogP contribution in [0.2, 0.25) is 0 Å². The molecule has 0 unspecified atom stereocenters. The lowest BCUT2D eigenvalue weighted by atomic mass is 9.67. The average Bonchev–Trinajstić information content (AvgIpc) is 3.01. The van der Waals surface area contributed by atoms with Crippen molar-refractivity contribution in [2.75, 3.05) is 27.3 Å². The van der Waals surface area contributed by atoms with E-state index in [1.54, 1.807) is 7.11 Å². The van der Waals surface area contributed by atoms with Gasteiger partial charge in [-0.3, -0.25) is 4.99 Å². The Labute approximate surface area is 167 Å². The highest BCUT2D eigenvalue weighted by molar-refractivity contribution is 5.79. The van der Waals surface area contributed by atoms with E-state index in [0.717, 1.165) is 48.3 Å². The maximum absolute atomic E-state index is 5.28. The smallest absolute Gasteiger partial charge is 0.191 e. The summed E-state index contributed by atoms with van der Waals surface area (Å²) < 4.78 is 7.14. The fourth-order valence-electron chi connectivity index (χ4n) is 3.70. The van der Waals surface area contributed by atoms with Gasteiger partial charge >= 0.3 is 0 Å². The van der Waals surface area contributed by atoms with Gasteiger partial charge < -0.3 is 15.4 Å². The number of nitrogens with zero attached hydrogens (tertiary/aromatic N) is 4. The molecule has 2 heterocycles. The van der Waals surface area contributed by atoms with Gasteiger partial charge in [0.15, 0.2) is 11.8 Å². The summed E-state index contributed by atoms with van der Waals surface area (Å²) in [6, 6.07) is 6.13. The second kappa shape index (κ2) is 9.19. The van der Waals surface area contributed by atoms with Crippen LogP contribution in [0.4, 0.5) is 0 Å². The van der Waals surface area contributed by atoms with Crippen LogP contribution in [0, 0.1) is 19.3 Å². The van der Waals surface area contributed by atoms with E-state index in [9.17, 15) is 0 Å². The molecule has 0 saturated heterocycles. The highest BCUT2D eigenvalue weighted by Crippen LogP contribution is 2.43. The van der Waals surface area contributed by atoms with E-state index in [-0.39, 0.29) is 0 Å². The van der Waals surface area contributed by atoms with Crippen LogP contribution in [0.15, 0.2) is 29.4 Å². The molecule has 1 aliphatic rings. The SMILES string of the molecule is CN=C(NCc1ccc(-n2nc(C)cc2C)nc1)NCC1(CCOC)CCC1. The van der Waals surface area contributed by atoms with E-state index >= 15 is 0 Å². The van der Waals surface area contributed by atoms with E-state index in [4.69, 9.17) is 4.74 Å². The summed E-state index contributed by atoms with van der Waals surface area (Å²) in [6.45, 7) is 6.46. The average molecular weight is 385 g/mol. The van der Waals surface area contributed by atoms with Crippen LogP contribution in [0.1, 0.15) is 42.6 Å². The number of hydrogen-bond donors (Lipinski definition) is 2. The lowest BCUT2D eigenvalue weighted by Gasteiger charge is -2.42. The minimum Gasteiger partial charge on any atom is -0.385 e. The molecule has 0 aliphatic heterocycles. The minimum absolute atomic E-state index is 0.358. The zero-order valence-electron chi connectivity index (χ0n) is 17.5. The molecule has 1 aliphatic carbocycles. The van der Waals surface area contributed by atoms with Crippen LogP contribution in [0.5, 0.6) is 0 Å². The Bertz CT molecular complexity index is 792. The molecule has 7 nitrogen and oxygen atoms in total. The number of hydrogen-bond acceptors (Lipinski definition) is 4. The van der Waals surface area contributed by atoms with Crippen LogP contribution in [-0.4, -0.2) is 48.0 Å². The molecule has 0 spiro atoms. The van der Waals surface area contributed by atoms with Gasteiger partial charge in [0.1, 0.15) is 0 Å². The first-order valence-corrected chi connectivity index (χ1v) is 9.97. The third kappa shape index (κ3) is 4.90. The lowest BCUT2D eigenvalue weighted by Crippen LogP contribution is -2.46. The number of aromatic nitrogens is 3. The van der Waals surface area contributed by atoms with E-state index < -0.39 is 0 Å². The number of guanidine groups is 1. The van der Waals surface area contributed by atoms with Crippen molar-refractivity contribution in [2.45, 2.75) is 46.1 Å². The van der Waals surface area contributed by atoms with Gasteiger partial charge in [-0.2, -0.15) is 5.10 Å². The monoisotopic (exact) mass is 384 g/mol. The van der Waals surface area contributed by atoms with Gasteiger partial charge in [-0.25, -0.2) is 9.67 Å². The van der Waals surface area contributed by atoms with Gasteiger partial charge in [-0.05, 0) is 56.2 Å². The van der Waals surface area contributed by atoms with Crippen molar-refractivity contribution in [2.24, 2.45) is 10.4 Å². The first-order chi connectivity index (χ1) is 13.5. The summed E-state index contributed by atoms with van der Waals surface area (Å²) in [5.74, 6) is 1.66. The molecule has 2 aromatic heterocycles. The maximum atomic E-state index is 5.28. The molecular weight excluding hydrogens is 352 g/mol. The second-order valence-electron chi connectivity index (χ2n) is 7.74. The van der Waals surface area contributed by atoms with Crippen LogP contribution in [0.3, 0.4) is 0 Å². The van der Waals surface area contributed by atoms with E-state index in [1.165, 1.54) is 19.3 Å². The van der Waals surface area contributed by atoms with E-state index in [0.29, 0.717) is 12.0 Å². The third-order valence-electron chi connectivity index (χ3n) is 5.60. The van der Waals surface area contributed by atoms with Crippen molar-refractivity contribution >= 4 is 5.96 Å². The standard InChI is InChI=1S/C21H32N6O/c1-16-12-17(2)27(26-16)19-7-6-18(13-23-19)14-24-20(22-3)25-15-21(8-5-9-21)10-11-28-4/h6-7,12-13H,5,8-11,14-15H2,1-4H3,(H2,22,24,25). The summed E-state index contributed by atoms with van der Waals surface area (Å²) in [5, 5.41) is 11.4. The van der Waals surface area contributed by atoms with Gasteiger partial charge in [0, 0.05) is 45.7 Å². The fourth-order valence-corrected chi connectivity index (χ4v) is 3.70. The molecule has 2 aromatic rings. The number of pyridine rings is 1. The summed E-state index contributed by atoms with van der Waals surface area (Å²) in [6.07, 6.45) is 6.82. The number of methoxy groups -OCH3 is 1. The lowest BCUT2D eigenvalue weighted by molar-refractivity contribution is 0.0732. The summed E-state index contributed by atoms with van der Waals surface area (Å²) >= 11 is 0. The Morgan fingerprint density at radius 1 is 1.29 bits per heavy atom. The Balaban J connectivity index is 1.51. The topological polar surface area (TPSA) is 76.4 Å². The molecule has 0 amide bonds. The number of aliphatic imine (C=N–C) groups is 1. The Hall–Kier alpha value is -2.41. The van der Waals surface area contributed by atoms with Crippen LogP contribution < -0.4 is 10.6 Å². The fraction of sp³-hybridized carbons (Fsp3) is 0.571. The zero-order chi connectivity index (χ0) is 20.0. The van der Waals surface area contributed by atoms with Gasteiger partial charge in [0.2, 0.25) is 0 Å². The van der Waals surface area contributed by atoms with Crippen molar-refractivity contribution in [1.29, 1.82) is 0 Å². The largest absolute Gasteiger partial charge is 0.385 e. The van der Waals surface area contributed by atoms with Crippen molar-refractivity contribution in [3.8, 4) is 5.82 Å². The predicted molar refractivity (Wildman–Crippen MR) is 112 cm³/mol. The molecule has 28 heavy (non-hydrogen) atoms. The maximum Gasteiger partial charge on any atom is 0.191 e. The molecule has 0 bridgehead atoms. The number of ether oxygens (including phenoxy) is 1.